The normalized spacial score (nSPS) is 20.8. The first-order valence-corrected chi connectivity index (χ1v) is 8.91. The zero-order chi connectivity index (χ0) is 16.8. The summed E-state index contributed by atoms with van der Waals surface area (Å²) in [6.45, 7) is 7.89. The number of guanidine groups is 1. The zero-order valence-electron chi connectivity index (χ0n) is 14.9. The van der Waals surface area contributed by atoms with Gasteiger partial charge in [0, 0.05) is 38.8 Å². The SMILES string of the molecule is CCNC(=NCc1ccccc1CO)N1CCC(N2CC=CC2)C1.I. The quantitative estimate of drug-likeness (QED) is 0.309. The Hall–Kier alpha value is -1.12. The Kier molecular flexibility index (Phi) is 8.18. The van der Waals surface area contributed by atoms with Gasteiger partial charge in [-0.1, -0.05) is 36.4 Å². The van der Waals surface area contributed by atoms with E-state index in [1.165, 1.54) is 6.42 Å². The summed E-state index contributed by atoms with van der Waals surface area (Å²) in [5, 5.41) is 12.9. The topological polar surface area (TPSA) is 51.1 Å². The number of hydrogen-bond acceptors (Lipinski definition) is 3. The van der Waals surface area contributed by atoms with E-state index in [2.05, 4.69) is 34.2 Å². The van der Waals surface area contributed by atoms with Crippen LogP contribution in [0.15, 0.2) is 41.4 Å². The number of likely N-dealkylation sites (tertiary alicyclic amines) is 1. The number of aliphatic hydroxyl groups is 1. The lowest BCUT2D eigenvalue weighted by Crippen LogP contribution is -2.42. The predicted molar refractivity (Wildman–Crippen MR) is 113 cm³/mol. The van der Waals surface area contributed by atoms with Crippen LogP contribution in [0.2, 0.25) is 0 Å². The summed E-state index contributed by atoms with van der Waals surface area (Å²) < 4.78 is 0. The van der Waals surface area contributed by atoms with Crippen molar-refractivity contribution in [2.75, 3.05) is 32.7 Å². The second-order valence-electron chi connectivity index (χ2n) is 6.41. The molecule has 1 unspecified atom stereocenters. The number of halogens is 1. The molecule has 1 fully saturated rings. The smallest absolute Gasteiger partial charge is 0.194 e. The van der Waals surface area contributed by atoms with Crippen LogP contribution >= 0.6 is 24.0 Å². The molecule has 3 rings (SSSR count). The molecule has 2 N–H and O–H groups in total. The van der Waals surface area contributed by atoms with E-state index < -0.39 is 0 Å². The zero-order valence-corrected chi connectivity index (χ0v) is 17.2. The van der Waals surface area contributed by atoms with Gasteiger partial charge in [0.1, 0.15) is 0 Å². The van der Waals surface area contributed by atoms with E-state index in [1.807, 2.05) is 24.3 Å². The molecule has 2 aliphatic heterocycles. The van der Waals surface area contributed by atoms with Gasteiger partial charge >= 0.3 is 0 Å². The van der Waals surface area contributed by atoms with Crippen LogP contribution in [-0.4, -0.2) is 59.6 Å². The summed E-state index contributed by atoms with van der Waals surface area (Å²) in [7, 11) is 0. The molecule has 0 amide bonds. The average Bonchev–Trinajstić information content (AvgIpc) is 3.29. The van der Waals surface area contributed by atoms with E-state index in [-0.39, 0.29) is 30.6 Å². The Morgan fingerprint density at radius 1 is 1.24 bits per heavy atom. The Morgan fingerprint density at radius 3 is 2.64 bits per heavy atom. The van der Waals surface area contributed by atoms with Gasteiger partial charge in [-0.25, -0.2) is 4.99 Å². The molecule has 138 valence electrons. The highest BCUT2D eigenvalue weighted by atomic mass is 127. The van der Waals surface area contributed by atoms with Gasteiger partial charge in [0.05, 0.1) is 13.2 Å². The molecule has 0 spiro atoms. The highest BCUT2D eigenvalue weighted by Gasteiger charge is 2.29. The van der Waals surface area contributed by atoms with Gasteiger partial charge in [-0.3, -0.25) is 4.90 Å². The molecule has 1 atom stereocenters. The van der Waals surface area contributed by atoms with Crippen molar-refractivity contribution in [2.24, 2.45) is 4.99 Å². The van der Waals surface area contributed by atoms with E-state index in [9.17, 15) is 5.11 Å². The maximum absolute atomic E-state index is 9.47. The number of aliphatic imine (C=N–C) groups is 1. The van der Waals surface area contributed by atoms with Crippen LogP contribution < -0.4 is 5.32 Å². The van der Waals surface area contributed by atoms with Crippen LogP contribution in [0.25, 0.3) is 0 Å². The third-order valence-electron chi connectivity index (χ3n) is 4.85. The van der Waals surface area contributed by atoms with Gasteiger partial charge < -0.3 is 15.3 Å². The summed E-state index contributed by atoms with van der Waals surface area (Å²) in [6.07, 6.45) is 5.71. The molecule has 5 nitrogen and oxygen atoms in total. The molecule has 1 aromatic rings. The second-order valence-corrected chi connectivity index (χ2v) is 6.41. The van der Waals surface area contributed by atoms with Crippen molar-refractivity contribution in [1.29, 1.82) is 0 Å². The van der Waals surface area contributed by atoms with Crippen molar-refractivity contribution in [3.63, 3.8) is 0 Å². The predicted octanol–water partition coefficient (Wildman–Crippen LogP) is 2.21. The molecule has 6 heteroatoms. The molecule has 0 bridgehead atoms. The molecule has 1 aromatic carbocycles. The first-order valence-electron chi connectivity index (χ1n) is 8.91. The molecular formula is C19H29IN4O. The minimum absolute atomic E-state index is 0. The molecule has 0 saturated carbocycles. The molecule has 25 heavy (non-hydrogen) atoms. The Bertz CT molecular complexity index is 597. The van der Waals surface area contributed by atoms with Crippen molar-refractivity contribution >= 4 is 29.9 Å². The number of nitrogens with zero attached hydrogens (tertiary/aromatic N) is 3. The van der Waals surface area contributed by atoms with Gasteiger partial charge in [0.15, 0.2) is 5.96 Å². The second kappa shape index (κ2) is 10.1. The third-order valence-corrected chi connectivity index (χ3v) is 4.85. The minimum Gasteiger partial charge on any atom is -0.392 e. The molecule has 0 aliphatic carbocycles. The summed E-state index contributed by atoms with van der Waals surface area (Å²) in [5.74, 6) is 0.986. The summed E-state index contributed by atoms with van der Waals surface area (Å²) in [4.78, 5) is 9.72. The van der Waals surface area contributed by atoms with Gasteiger partial charge in [0.2, 0.25) is 0 Å². The standard InChI is InChI=1S/C19H28N4O.HI/c1-2-20-19(21-13-16-7-3-4-8-17(16)15-24)23-12-9-18(14-23)22-10-5-6-11-22;/h3-8,18,24H,2,9-15H2,1H3,(H,20,21);1H. The van der Waals surface area contributed by atoms with E-state index >= 15 is 0 Å². The van der Waals surface area contributed by atoms with Crippen molar-refractivity contribution < 1.29 is 5.11 Å². The van der Waals surface area contributed by atoms with Crippen molar-refractivity contribution in [3.05, 3.63) is 47.5 Å². The number of benzene rings is 1. The van der Waals surface area contributed by atoms with Crippen LogP contribution in [0.1, 0.15) is 24.5 Å². The number of aliphatic hydroxyl groups excluding tert-OH is 1. The van der Waals surface area contributed by atoms with Crippen LogP contribution in [-0.2, 0) is 13.2 Å². The summed E-state index contributed by atoms with van der Waals surface area (Å²) >= 11 is 0. The maximum atomic E-state index is 9.47. The van der Waals surface area contributed by atoms with Crippen molar-refractivity contribution in [2.45, 2.75) is 32.5 Å². The largest absolute Gasteiger partial charge is 0.392 e. The van der Waals surface area contributed by atoms with Crippen LogP contribution in [0.3, 0.4) is 0 Å². The van der Waals surface area contributed by atoms with Crippen LogP contribution in [0.4, 0.5) is 0 Å². The van der Waals surface area contributed by atoms with Gasteiger partial charge in [-0.15, -0.1) is 24.0 Å². The third kappa shape index (κ3) is 5.18. The molecule has 2 heterocycles. The van der Waals surface area contributed by atoms with E-state index in [0.29, 0.717) is 12.6 Å². The number of rotatable bonds is 5. The molecular weight excluding hydrogens is 427 g/mol. The Labute approximate surface area is 167 Å². The van der Waals surface area contributed by atoms with E-state index in [4.69, 9.17) is 4.99 Å². The summed E-state index contributed by atoms with van der Waals surface area (Å²) in [6, 6.07) is 8.58. The lowest BCUT2D eigenvalue weighted by molar-refractivity contribution is 0.259. The van der Waals surface area contributed by atoms with Crippen molar-refractivity contribution in [3.8, 4) is 0 Å². The summed E-state index contributed by atoms with van der Waals surface area (Å²) in [5.41, 5.74) is 2.05. The first-order chi connectivity index (χ1) is 11.8. The molecule has 1 saturated heterocycles. The lowest BCUT2D eigenvalue weighted by atomic mass is 10.1. The highest BCUT2D eigenvalue weighted by molar-refractivity contribution is 14.0. The van der Waals surface area contributed by atoms with Gasteiger partial charge in [0.25, 0.3) is 0 Å². The van der Waals surface area contributed by atoms with Crippen molar-refractivity contribution in [1.82, 2.24) is 15.1 Å². The van der Waals surface area contributed by atoms with E-state index in [0.717, 1.165) is 49.8 Å². The van der Waals surface area contributed by atoms with Gasteiger partial charge in [-0.2, -0.15) is 0 Å². The highest BCUT2D eigenvalue weighted by Crippen LogP contribution is 2.18. The average molecular weight is 456 g/mol. The molecule has 0 aromatic heterocycles. The van der Waals surface area contributed by atoms with Crippen LogP contribution in [0.5, 0.6) is 0 Å². The molecule has 0 radical (unpaired) electrons. The number of nitrogens with one attached hydrogen (secondary N) is 1. The minimum atomic E-state index is 0. The van der Waals surface area contributed by atoms with Crippen LogP contribution in [0, 0.1) is 0 Å². The fourth-order valence-corrected chi connectivity index (χ4v) is 3.48. The lowest BCUT2D eigenvalue weighted by Gasteiger charge is -2.25. The van der Waals surface area contributed by atoms with Gasteiger partial charge in [-0.05, 0) is 24.5 Å². The Balaban J connectivity index is 0.00000225. The fraction of sp³-hybridized carbons (Fsp3) is 0.526. The van der Waals surface area contributed by atoms with E-state index in [1.54, 1.807) is 0 Å². The maximum Gasteiger partial charge on any atom is 0.194 e. The Morgan fingerprint density at radius 2 is 1.96 bits per heavy atom. The molecule has 2 aliphatic rings. The number of hydrogen-bond donors (Lipinski definition) is 2. The first kappa shape index (κ1) is 20.2. The fourth-order valence-electron chi connectivity index (χ4n) is 3.48. The monoisotopic (exact) mass is 456 g/mol.